The normalized spacial score (nSPS) is 28.1. The quantitative estimate of drug-likeness (QED) is 0.797. The molecule has 0 bridgehead atoms. The van der Waals surface area contributed by atoms with Gasteiger partial charge in [0.2, 0.25) is 5.91 Å². The first kappa shape index (κ1) is 15.8. The van der Waals surface area contributed by atoms with Crippen molar-refractivity contribution in [3.8, 4) is 0 Å². The molecule has 2 saturated heterocycles. The van der Waals surface area contributed by atoms with Crippen molar-refractivity contribution in [2.75, 3.05) is 19.8 Å². The molecule has 1 N–H and O–H groups in total. The molecule has 2 fully saturated rings. The molecule has 2 aliphatic rings. The summed E-state index contributed by atoms with van der Waals surface area (Å²) < 4.78 is 11.0. The summed E-state index contributed by atoms with van der Waals surface area (Å²) in [5.74, 6) is 0.0931. The van der Waals surface area contributed by atoms with Gasteiger partial charge in [-0.25, -0.2) is 4.79 Å². The van der Waals surface area contributed by atoms with Crippen LogP contribution in [0.1, 0.15) is 27.2 Å². The van der Waals surface area contributed by atoms with Gasteiger partial charge in [0.25, 0.3) is 0 Å². The molecular weight excluding hydrogens is 272 g/mol. The van der Waals surface area contributed by atoms with E-state index in [1.54, 1.807) is 4.90 Å². The number of carbonyl (C=O) groups excluding carboxylic acids is 2. The summed E-state index contributed by atoms with van der Waals surface area (Å²) in [6, 6.07) is -0.00636. The van der Waals surface area contributed by atoms with Crippen molar-refractivity contribution in [2.45, 2.75) is 44.9 Å². The summed E-state index contributed by atoms with van der Waals surface area (Å²) in [6.07, 6.45) is 1.72. The monoisotopic (exact) mass is 296 g/mol. The average molecular weight is 296 g/mol. The van der Waals surface area contributed by atoms with Crippen molar-refractivity contribution in [1.29, 1.82) is 0 Å². The van der Waals surface area contributed by atoms with Gasteiger partial charge in [-0.1, -0.05) is 6.58 Å². The Morgan fingerprint density at radius 2 is 2.14 bits per heavy atom. The smallest absolute Gasteiger partial charge is 0.410 e. The molecule has 0 aromatic heterocycles. The van der Waals surface area contributed by atoms with Gasteiger partial charge in [0.05, 0.1) is 25.3 Å². The molecule has 0 aromatic rings. The molecule has 2 heterocycles. The van der Waals surface area contributed by atoms with Gasteiger partial charge < -0.3 is 14.8 Å². The van der Waals surface area contributed by atoms with Crippen molar-refractivity contribution in [3.05, 3.63) is 12.7 Å². The minimum atomic E-state index is -0.538. The minimum absolute atomic E-state index is 0.0467. The fourth-order valence-corrected chi connectivity index (χ4v) is 2.93. The molecule has 0 saturated carbocycles. The molecule has 6 nitrogen and oxygen atoms in total. The van der Waals surface area contributed by atoms with Crippen LogP contribution in [0.2, 0.25) is 0 Å². The predicted molar refractivity (Wildman–Crippen MR) is 77.8 cm³/mol. The van der Waals surface area contributed by atoms with Gasteiger partial charge in [-0.15, -0.1) is 0 Å². The Kier molecular flexibility index (Phi) is 4.56. The first-order valence-electron chi connectivity index (χ1n) is 7.31. The van der Waals surface area contributed by atoms with Crippen molar-refractivity contribution in [1.82, 2.24) is 10.2 Å². The van der Waals surface area contributed by atoms with E-state index in [2.05, 4.69) is 11.9 Å². The largest absolute Gasteiger partial charge is 0.444 e. The predicted octanol–water partition coefficient (Wildman–Crippen LogP) is 1.31. The van der Waals surface area contributed by atoms with Crippen LogP contribution >= 0.6 is 0 Å². The third-order valence-electron chi connectivity index (χ3n) is 3.79. The number of hydrogen-bond donors (Lipinski definition) is 1. The van der Waals surface area contributed by atoms with E-state index in [0.717, 1.165) is 6.42 Å². The molecule has 3 atom stereocenters. The number of nitrogens with zero attached hydrogens (tertiary/aromatic N) is 1. The number of hydrogen-bond acceptors (Lipinski definition) is 4. The van der Waals surface area contributed by atoms with Crippen LogP contribution < -0.4 is 5.32 Å². The molecule has 0 spiro atoms. The maximum atomic E-state index is 12.4. The molecule has 0 aromatic carbocycles. The highest BCUT2D eigenvalue weighted by Gasteiger charge is 2.48. The Hall–Kier alpha value is -1.56. The Morgan fingerprint density at radius 3 is 2.76 bits per heavy atom. The number of amides is 2. The minimum Gasteiger partial charge on any atom is -0.444 e. The standard InChI is InChI=1S/C15H24N2O4/c1-5-13(18)16-7-11-6-10-8-20-9-12(10)17(11)14(19)21-15(2,3)4/h5,10-12H,1,6-9H2,2-4H3,(H,16,18). The lowest BCUT2D eigenvalue weighted by molar-refractivity contribution is -0.116. The van der Waals surface area contributed by atoms with Crippen LogP contribution in [0.4, 0.5) is 4.79 Å². The van der Waals surface area contributed by atoms with Crippen LogP contribution in [-0.2, 0) is 14.3 Å². The van der Waals surface area contributed by atoms with Crippen LogP contribution in [0.25, 0.3) is 0 Å². The van der Waals surface area contributed by atoms with Crippen LogP contribution in [0.15, 0.2) is 12.7 Å². The van der Waals surface area contributed by atoms with Crippen LogP contribution in [0.3, 0.4) is 0 Å². The third kappa shape index (κ3) is 3.75. The molecule has 21 heavy (non-hydrogen) atoms. The molecule has 2 amide bonds. The van der Waals surface area contributed by atoms with E-state index in [1.807, 2.05) is 20.8 Å². The molecule has 0 radical (unpaired) electrons. The van der Waals surface area contributed by atoms with Crippen molar-refractivity contribution >= 4 is 12.0 Å². The zero-order valence-corrected chi connectivity index (χ0v) is 12.9. The third-order valence-corrected chi connectivity index (χ3v) is 3.79. The lowest BCUT2D eigenvalue weighted by Gasteiger charge is -2.31. The summed E-state index contributed by atoms with van der Waals surface area (Å²) >= 11 is 0. The second-order valence-electron chi connectivity index (χ2n) is 6.59. The van der Waals surface area contributed by atoms with Gasteiger partial charge in [-0.05, 0) is 33.3 Å². The van der Waals surface area contributed by atoms with Crippen LogP contribution in [-0.4, -0.2) is 54.3 Å². The van der Waals surface area contributed by atoms with E-state index in [9.17, 15) is 9.59 Å². The fourth-order valence-electron chi connectivity index (χ4n) is 2.93. The Labute approximate surface area is 125 Å². The van der Waals surface area contributed by atoms with E-state index in [4.69, 9.17) is 9.47 Å². The number of likely N-dealkylation sites (tertiary alicyclic amines) is 1. The first-order valence-corrected chi connectivity index (χ1v) is 7.31. The number of rotatable bonds is 3. The van der Waals surface area contributed by atoms with E-state index < -0.39 is 5.60 Å². The van der Waals surface area contributed by atoms with Crippen LogP contribution in [0.5, 0.6) is 0 Å². The molecule has 3 unspecified atom stereocenters. The summed E-state index contributed by atoms with van der Waals surface area (Å²) in [4.78, 5) is 25.5. The summed E-state index contributed by atoms with van der Waals surface area (Å²) in [7, 11) is 0. The zero-order valence-electron chi connectivity index (χ0n) is 12.9. The molecule has 2 aliphatic heterocycles. The van der Waals surface area contributed by atoms with Gasteiger partial charge in [0, 0.05) is 12.5 Å². The molecule has 6 heteroatoms. The Balaban J connectivity index is 2.06. The molecular formula is C15H24N2O4. The number of fused-ring (bicyclic) bond motifs is 1. The van der Waals surface area contributed by atoms with E-state index >= 15 is 0 Å². The van der Waals surface area contributed by atoms with Gasteiger partial charge >= 0.3 is 6.09 Å². The average Bonchev–Trinajstić information content (AvgIpc) is 2.92. The van der Waals surface area contributed by atoms with E-state index in [1.165, 1.54) is 6.08 Å². The lowest BCUT2D eigenvalue weighted by Crippen LogP contribution is -2.49. The van der Waals surface area contributed by atoms with Gasteiger partial charge in [-0.2, -0.15) is 0 Å². The van der Waals surface area contributed by atoms with E-state index in [0.29, 0.717) is 25.7 Å². The highest BCUT2D eigenvalue weighted by Crippen LogP contribution is 2.35. The van der Waals surface area contributed by atoms with Gasteiger partial charge in [-0.3, -0.25) is 9.69 Å². The molecule has 118 valence electrons. The SMILES string of the molecule is C=CC(=O)NCC1CC2COCC2N1C(=O)OC(C)(C)C. The zero-order chi connectivity index (χ0) is 15.6. The Morgan fingerprint density at radius 1 is 1.43 bits per heavy atom. The van der Waals surface area contributed by atoms with Crippen molar-refractivity contribution < 1.29 is 19.1 Å². The van der Waals surface area contributed by atoms with Crippen molar-refractivity contribution in [2.24, 2.45) is 5.92 Å². The number of carbonyl (C=O) groups is 2. The van der Waals surface area contributed by atoms with Crippen LogP contribution in [0, 0.1) is 5.92 Å². The first-order chi connectivity index (χ1) is 9.81. The van der Waals surface area contributed by atoms with E-state index in [-0.39, 0.29) is 24.1 Å². The maximum absolute atomic E-state index is 12.4. The van der Waals surface area contributed by atoms with Crippen molar-refractivity contribution in [3.63, 3.8) is 0 Å². The highest BCUT2D eigenvalue weighted by molar-refractivity contribution is 5.86. The van der Waals surface area contributed by atoms with Gasteiger partial charge in [0.15, 0.2) is 0 Å². The topological polar surface area (TPSA) is 67.9 Å². The maximum Gasteiger partial charge on any atom is 0.410 e. The lowest BCUT2D eigenvalue weighted by atomic mass is 10.0. The second kappa shape index (κ2) is 6.05. The summed E-state index contributed by atoms with van der Waals surface area (Å²) in [6.45, 7) is 10.6. The second-order valence-corrected chi connectivity index (χ2v) is 6.59. The fraction of sp³-hybridized carbons (Fsp3) is 0.733. The number of nitrogens with one attached hydrogen (secondary N) is 1. The summed E-state index contributed by atoms with van der Waals surface area (Å²) in [5.41, 5.74) is -0.538. The number of ether oxygens (including phenoxy) is 2. The highest BCUT2D eigenvalue weighted by atomic mass is 16.6. The van der Waals surface area contributed by atoms with Gasteiger partial charge in [0.1, 0.15) is 5.60 Å². The molecule has 2 rings (SSSR count). The Bertz CT molecular complexity index is 430. The molecule has 0 aliphatic carbocycles. The summed E-state index contributed by atoms with van der Waals surface area (Å²) in [5, 5.41) is 2.76.